The average Bonchev–Trinajstić information content (AvgIpc) is 2.85. The number of carbonyl (C=O) groups is 2. The van der Waals surface area contributed by atoms with Gasteiger partial charge in [0.15, 0.2) is 0 Å². The van der Waals surface area contributed by atoms with Crippen LogP contribution in [0.2, 0.25) is 5.02 Å². The topological polar surface area (TPSA) is 58.6 Å². The van der Waals surface area contributed by atoms with E-state index in [4.69, 9.17) is 16.3 Å². The van der Waals surface area contributed by atoms with Crippen LogP contribution in [-0.2, 0) is 4.79 Å². The third kappa shape index (κ3) is 5.11. The van der Waals surface area contributed by atoms with Crippen LogP contribution in [0.5, 0.6) is 5.75 Å². The van der Waals surface area contributed by atoms with E-state index in [-0.39, 0.29) is 23.7 Å². The molecule has 0 aliphatic carbocycles. The van der Waals surface area contributed by atoms with Crippen molar-refractivity contribution in [2.45, 2.75) is 12.3 Å². The van der Waals surface area contributed by atoms with E-state index in [2.05, 4.69) is 17.4 Å². The van der Waals surface area contributed by atoms with E-state index < -0.39 is 0 Å². The highest BCUT2D eigenvalue weighted by atomic mass is 35.5. The van der Waals surface area contributed by atoms with Gasteiger partial charge in [-0.15, -0.1) is 0 Å². The minimum Gasteiger partial charge on any atom is -0.497 e. The van der Waals surface area contributed by atoms with Gasteiger partial charge in [0.05, 0.1) is 13.0 Å². The van der Waals surface area contributed by atoms with Crippen molar-refractivity contribution in [1.82, 2.24) is 4.90 Å². The molecular weight excluding hydrogens is 424 g/mol. The molecule has 1 fully saturated rings. The summed E-state index contributed by atoms with van der Waals surface area (Å²) in [5.74, 6) is 0.291. The fourth-order valence-electron chi connectivity index (χ4n) is 4.12. The van der Waals surface area contributed by atoms with Crippen LogP contribution in [0.1, 0.15) is 28.3 Å². The molecular formula is C26H25ClN2O3. The Labute approximate surface area is 193 Å². The molecule has 32 heavy (non-hydrogen) atoms. The predicted molar refractivity (Wildman–Crippen MR) is 126 cm³/mol. The van der Waals surface area contributed by atoms with Gasteiger partial charge in [-0.25, -0.2) is 0 Å². The Balaban J connectivity index is 1.55. The van der Waals surface area contributed by atoms with E-state index in [1.54, 1.807) is 48.4 Å². The van der Waals surface area contributed by atoms with E-state index in [0.717, 1.165) is 11.3 Å². The molecule has 0 aromatic heterocycles. The summed E-state index contributed by atoms with van der Waals surface area (Å²) in [5, 5.41) is 3.57. The Bertz CT molecular complexity index is 1070. The molecule has 1 aliphatic rings. The summed E-state index contributed by atoms with van der Waals surface area (Å²) in [7, 11) is 1.60. The van der Waals surface area contributed by atoms with Crippen molar-refractivity contribution in [2.75, 3.05) is 25.5 Å². The van der Waals surface area contributed by atoms with Crippen molar-refractivity contribution >= 4 is 29.1 Å². The molecule has 1 saturated heterocycles. The van der Waals surface area contributed by atoms with Crippen molar-refractivity contribution in [1.29, 1.82) is 0 Å². The number of amides is 2. The van der Waals surface area contributed by atoms with Crippen molar-refractivity contribution in [3.8, 4) is 5.75 Å². The largest absolute Gasteiger partial charge is 0.497 e. The van der Waals surface area contributed by atoms with Gasteiger partial charge in [-0.1, -0.05) is 41.9 Å². The molecule has 1 heterocycles. The van der Waals surface area contributed by atoms with Gasteiger partial charge < -0.3 is 15.0 Å². The maximum Gasteiger partial charge on any atom is 0.253 e. The number of anilines is 1. The van der Waals surface area contributed by atoms with Crippen LogP contribution in [0.25, 0.3) is 0 Å². The maximum atomic E-state index is 13.2. The van der Waals surface area contributed by atoms with Gasteiger partial charge in [-0.3, -0.25) is 9.59 Å². The number of nitrogens with zero attached hydrogens (tertiary/aromatic N) is 1. The van der Waals surface area contributed by atoms with Crippen molar-refractivity contribution in [3.63, 3.8) is 0 Å². The fraction of sp³-hybridized carbons (Fsp3) is 0.231. The molecule has 5 nitrogen and oxygen atoms in total. The normalized spacial score (nSPS) is 18.1. The predicted octanol–water partition coefficient (Wildman–Crippen LogP) is 5.23. The number of benzene rings is 3. The number of likely N-dealkylation sites (tertiary alicyclic amines) is 1. The maximum absolute atomic E-state index is 13.2. The monoisotopic (exact) mass is 448 g/mol. The number of piperidine rings is 1. The molecule has 0 bridgehead atoms. The standard InChI is InChI=1S/C26H25ClN2O3/c1-32-24-13-11-23(12-14-24)28-25(30)21-15-20(18-5-3-2-4-6-18)16-29(17-21)26(31)19-7-9-22(27)10-8-19/h2-14,20-21H,15-17H2,1H3,(H,28,30)/t20-,21-/m1/s1. The van der Waals surface area contributed by atoms with E-state index in [9.17, 15) is 9.59 Å². The van der Waals surface area contributed by atoms with E-state index in [1.165, 1.54) is 0 Å². The Morgan fingerprint density at radius 3 is 2.28 bits per heavy atom. The number of rotatable bonds is 5. The molecule has 2 atom stereocenters. The van der Waals surface area contributed by atoms with Crippen LogP contribution in [0.15, 0.2) is 78.9 Å². The summed E-state index contributed by atoms with van der Waals surface area (Å²) in [4.78, 5) is 28.2. The van der Waals surface area contributed by atoms with Gasteiger partial charge in [0.2, 0.25) is 5.91 Å². The fourth-order valence-corrected chi connectivity index (χ4v) is 4.24. The SMILES string of the molecule is COc1ccc(NC(=O)[C@@H]2C[C@@H](c3ccccc3)CN(C(=O)c3ccc(Cl)cc3)C2)cc1. The Kier molecular flexibility index (Phi) is 6.76. The lowest BCUT2D eigenvalue weighted by Crippen LogP contribution is -2.46. The first-order valence-corrected chi connectivity index (χ1v) is 11.0. The average molecular weight is 449 g/mol. The second-order valence-electron chi connectivity index (χ2n) is 7.98. The molecule has 1 aliphatic heterocycles. The number of hydrogen-bond donors (Lipinski definition) is 1. The summed E-state index contributed by atoms with van der Waals surface area (Å²) < 4.78 is 5.18. The van der Waals surface area contributed by atoms with Crippen LogP contribution in [-0.4, -0.2) is 36.9 Å². The zero-order valence-electron chi connectivity index (χ0n) is 17.8. The molecule has 164 valence electrons. The lowest BCUT2D eigenvalue weighted by molar-refractivity contribution is -0.121. The molecule has 1 N–H and O–H groups in total. The minimum atomic E-state index is -0.327. The summed E-state index contributed by atoms with van der Waals surface area (Å²) in [6, 6.07) is 24.2. The van der Waals surface area contributed by atoms with E-state index in [1.807, 2.05) is 30.3 Å². The third-order valence-electron chi connectivity index (χ3n) is 5.83. The second kappa shape index (κ2) is 9.88. The number of hydrogen-bond acceptors (Lipinski definition) is 3. The first-order chi connectivity index (χ1) is 15.5. The quantitative estimate of drug-likeness (QED) is 0.581. The number of carbonyl (C=O) groups excluding carboxylic acids is 2. The third-order valence-corrected chi connectivity index (χ3v) is 6.08. The highest BCUT2D eigenvalue weighted by molar-refractivity contribution is 6.30. The molecule has 0 saturated carbocycles. The summed E-state index contributed by atoms with van der Waals surface area (Å²) in [6.07, 6.45) is 0.677. The first kappa shape index (κ1) is 21.9. The molecule has 3 aromatic rings. The van der Waals surface area contributed by atoms with Crippen molar-refractivity contribution < 1.29 is 14.3 Å². The lowest BCUT2D eigenvalue weighted by atomic mass is 9.83. The van der Waals surface area contributed by atoms with E-state index in [0.29, 0.717) is 35.8 Å². The van der Waals surface area contributed by atoms with Gasteiger partial charge in [0.25, 0.3) is 5.91 Å². The zero-order valence-corrected chi connectivity index (χ0v) is 18.6. The summed E-state index contributed by atoms with van der Waals surface area (Å²) >= 11 is 5.98. The zero-order chi connectivity index (χ0) is 22.5. The van der Waals surface area contributed by atoms with Gasteiger partial charge >= 0.3 is 0 Å². The molecule has 0 radical (unpaired) electrons. The summed E-state index contributed by atoms with van der Waals surface area (Å²) in [6.45, 7) is 0.935. The number of methoxy groups -OCH3 is 1. The van der Waals surface area contributed by atoms with Crippen LogP contribution in [0.4, 0.5) is 5.69 Å². The Morgan fingerprint density at radius 2 is 1.62 bits per heavy atom. The Morgan fingerprint density at radius 1 is 0.938 bits per heavy atom. The number of ether oxygens (including phenoxy) is 1. The molecule has 0 spiro atoms. The Hall–Kier alpha value is -3.31. The smallest absolute Gasteiger partial charge is 0.253 e. The van der Waals surface area contributed by atoms with Crippen molar-refractivity contribution in [2.24, 2.45) is 5.92 Å². The van der Waals surface area contributed by atoms with Crippen LogP contribution in [0, 0.1) is 5.92 Å². The molecule has 6 heteroatoms. The van der Waals surface area contributed by atoms with Crippen molar-refractivity contribution in [3.05, 3.63) is 95.0 Å². The van der Waals surface area contributed by atoms with E-state index >= 15 is 0 Å². The second-order valence-corrected chi connectivity index (χ2v) is 8.41. The van der Waals surface area contributed by atoms with Gasteiger partial charge in [0.1, 0.15) is 5.75 Å². The highest BCUT2D eigenvalue weighted by Gasteiger charge is 2.35. The number of nitrogens with one attached hydrogen (secondary N) is 1. The molecule has 4 rings (SSSR count). The lowest BCUT2D eigenvalue weighted by Gasteiger charge is -2.37. The first-order valence-electron chi connectivity index (χ1n) is 10.6. The molecule has 0 unspecified atom stereocenters. The van der Waals surface area contributed by atoms with Crippen LogP contribution in [0.3, 0.4) is 0 Å². The molecule has 2 amide bonds. The van der Waals surface area contributed by atoms with Gasteiger partial charge in [-0.2, -0.15) is 0 Å². The molecule has 3 aromatic carbocycles. The van der Waals surface area contributed by atoms with Gasteiger partial charge in [0, 0.05) is 35.3 Å². The highest BCUT2D eigenvalue weighted by Crippen LogP contribution is 2.32. The van der Waals surface area contributed by atoms with Crippen LogP contribution >= 0.6 is 11.6 Å². The summed E-state index contributed by atoms with van der Waals surface area (Å²) in [5.41, 5.74) is 2.40. The van der Waals surface area contributed by atoms with Gasteiger partial charge in [-0.05, 0) is 60.5 Å². The van der Waals surface area contributed by atoms with Crippen LogP contribution < -0.4 is 10.1 Å². The number of halogens is 1. The minimum absolute atomic E-state index is 0.0767.